The van der Waals surface area contributed by atoms with Crippen molar-refractivity contribution >= 4 is 33.4 Å². The van der Waals surface area contributed by atoms with E-state index in [-0.39, 0.29) is 9.64 Å². The normalized spacial score (nSPS) is 17.2. The van der Waals surface area contributed by atoms with Gasteiger partial charge >= 0.3 is 0 Å². The van der Waals surface area contributed by atoms with Gasteiger partial charge in [-0.3, -0.25) is 0 Å². The van der Waals surface area contributed by atoms with Crippen LogP contribution in [0.4, 0.5) is 0 Å². The number of rotatable bonds is 6. The Balaban J connectivity index is 1.80. The number of halogens is 1. The van der Waals surface area contributed by atoms with Crippen LogP contribution in [-0.2, 0) is 14.8 Å². The predicted octanol–water partition coefficient (Wildman–Crippen LogP) is 4.27. The molecule has 0 unspecified atom stereocenters. The molecule has 140 valence electrons. The number of thioether (sulfide) groups is 1. The zero-order valence-corrected chi connectivity index (χ0v) is 17.0. The van der Waals surface area contributed by atoms with Gasteiger partial charge in [0.25, 0.3) is 0 Å². The fraction of sp³-hybridized carbons (Fsp3) is 0.368. The fourth-order valence-corrected chi connectivity index (χ4v) is 6.00. The van der Waals surface area contributed by atoms with Crippen LogP contribution in [0.15, 0.2) is 58.3 Å². The first-order chi connectivity index (χ1) is 12.4. The highest BCUT2D eigenvalue weighted by atomic mass is 35.5. The Labute approximate surface area is 164 Å². The highest BCUT2D eigenvalue weighted by Gasteiger charge is 2.35. The molecule has 2 aromatic carbocycles. The van der Waals surface area contributed by atoms with Crippen molar-refractivity contribution in [2.75, 3.05) is 19.8 Å². The first-order valence-corrected chi connectivity index (χ1v) is 11.2. The van der Waals surface area contributed by atoms with E-state index in [2.05, 4.69) is 16.9 Å². The van der Waals surface area contributed by atoms with Gasteiger partial charge in [0.15, 0.2) is 0 Å². The van der Waals surface area contributed by atoms with E-state index in [1.165, 1.54) is 6.07 Å². The molecule has 0 saturated carbocycles. The molecular weight excluding hydrogens is 390 g/mol. The van der Waals surface area contributed by atoms with Crippen molar-refractivity contribution in [1.29, 1.82) is 0 Å². The largest absolute Gasteiger partial charge is 0.381 e. The Morgan fingerprint density at radius 3 is 2.54 bits per heavy atom. The summed E-state index contributed by atoms with van der Waals surface area (Å²) in [6.07, 6.45) is 1.59. The number of hydrogen-bond donors (Lipinski definition) is 1. The van der Waals surface area contributed by atoms with Gasteiger partial charge in [-0.15, -0.1) is 11.8 Å². The molecule has 0 atom stereocenters. The first-order valence-electron chi connectivity index (χ1n) is 8.48. The van der Waals surface area contributed by atoms with Crippen LogP contribution in [0.25, 0.3) is 0 Å². The quantitative estimate of drug-likeness (QED) is 0.771. The molecule has 1 aliphatic heterocycles. The third-order valence-electron chi connectivity index (χ3n) is 4.51. The van der Waals surface area contributed by atoms with Gasteiger partial charge in [0.2, 0.25) is 10.0 Å². The molecule has 0 aliphatic carbocycles. The van der Waals surface area contributed by atoms with Gasteiger partial charge in [-0.25, -0.2) is 13.1 Å². The molecule has 7 heteroatoms. The molecule has 0 amide bonds. The van der Waals surface area contributed by atoms with E-state index in [0.717, 1.165) is 17.7 Å². The van der Waals surface area contributed by atoms with Crippen LogP contribution < -0.4 is 4.72 Å². The number of benzene rings is 2. The van der Waals surface area contributed by atoms with Crippen LogP contribution in [0.3, 0.4) is 0 Å². The minimum Gasteiger partial charge on any atom is -0.381 e. The van der Waals surface area contributed by atoms with Gasteiger partial charge in [0, 0.05) is 34.4 Å². The summed E-state index contributed by atoms with van der Waals surface area (Å²) in [5.74, 6) is 0. The summed E-state index contributed by atoms with van der Waals surface area (Å²) in [7, 11) is -3.63. The summed E-state index contributed by atoms with van der Waals surface area (Å²) < 4.78 is 33.8. The fourth-order valence-electron chi connectivity index (χ4n) is 2.96. The first kappa shape index (κ1) is 19.7. The standard InChI is InChI=1S/C19H22ClNO3S2/c1-15-7-8-16(20)13-18(15)26(22,23)21-14-19(9-11-24-12-10-19)25-17-5-3-2-4-6-17/h2-8,13,21H,9-12,14H2,1H3. The molecule has 26 heavy (non-hydrogen) atoms. The minimum atomic E-state index is -3.63. The molecular formula is C19H22ClNO3S2. The summed E-state index contributed by atoms with van der Waals surface area (Å²) >= 11 is 7.72. The van der Waals surface area contributed by atoms with E-state index in [0.29, 0.717) is 30.3 Å². The second-order valence-electron chi connectivity index (χ2n) is 6.44. The summed E-state index contributed by atoms with van der Waals surface area (Å²) in [6.45, 7) is 3.40. The highest BCUT2D eigenvalue weighted by Crippen LogP contribution is 2.40. The second-order valence-corrected chi connectivity index (χ2v) is 10.2. The van der Waals surface area contributed by atoms with Crippen LogP contribution in [0.1, 0.15) is 18.4 Å². The van der Waals surface area contributed by atoms with Gasteiger partial charge in [-0.05, 0) is 49.6 Å². The van der Waals surface area contributed by atoms with Crippen molar-refractivity contribution in [1.82, 2.24) is 4.72 Å². The summed E-state index contributed by atoms with van der Waals surface area (Å²) in [4.78, 5) is 1.37. The number of hydrogen-bond acceptors (Lipinski definition) is 4. The Kier molecular flexibility index (Phi) is 6.30. The minimum absolute atomic E-state index is 0.223. The molecule has 0 aromatic heterocycles. The smallest absolute Gasteiger partial charge is 0.240 e. The molecule has 1 saturated heterocycles. The SMILES string of the molecule is Cc1ccc(Cl)cc1S(=O)(=O)NCC1(Sc2ccccc2)CCOCC1. The van der Waals surface area contributed by atoms with Crippen LogP contribution in [0, 0.1) is 6.92 Å². The molecule has 0 bridgehead atoms. The zero-order valence-electron chi connectivity index (χ0n) is 14.6. The third kappa shape index (κ3) is 4.81. The summed E-state index contributed by atoms with van der Waals surface area (Å²) in [6, 6.07) is 15.0. The maximum Gasteiger partial charge on any atom is 0.240 e. The van der Waals surface area contributed by atoms with E-state index >= 15 is 0 Å². The molecule has 3 rings (SSSR count). The van der Waals surface area contributed by atoms with Crippen LogP contribution in [-0.4, -0.2) is 32.9 Å². The lowest BCUT2D eigenvalue weighted by molar-refractivity contribution is 0.0784. The van der Waals surface area contributed by atoms with Crippen LogP contribution in [0.2, 0.25) is 5.02 Å². The molecule has 0 radical (unpaired) electrons. The molecule has 2 aromatic rings. The molecule has 1 N–H and O–H groups in total. The van der Waals surface area contributed by atoms with Crippen LogP contribution in [0.5, 0.6) is 0 Å². The molecule has 4 nitrogen and oxygen atoms in total. The topological polar surface area (TPSA) is 55.4 Å². The average molecular weight is 412 g/mol. The van der Waals surface area contributed by atoms with Crippen molar-refractivity contribution in [2.24, 2.45) is 0 Å². The lowest BCUT2D eigenvalue weighted by atomic mass is 9.99. The highest BCUT2D eigenvalue weighted by molar-refractivity contribution is 8.00. The average Bonchev–Trinajstić information content (AvgIpc) is 2.64. The van der Waals surface area contributed by atoms with E-state index in [9.17, 15) is 8.42 Å². The van der Waals surface area contributed by atoms with Gasteiger partial charge in [-0.2, -0.15) is 0 Å². The second kappa shape index (κ2) is 8.31. The predicted molar refractivity (Wildman–Crippen MR) is 106 cm³/mol. The summed E-state index contributed by atoms with van der Waals surface area (Å²) in [5, 5.41) is 0.412. The maximum atomic E-state index is 12.8. The van der Waals surface area contributed by atoms with Gasteiger partial charge in [-0.1, -0.05) is 35.9 Å². The zero-order chi connectivity index (χ0) is 18.6. The van der Waals surface area contributed by atoms with Crippen LogP contribution >= 0.6 is 23.4 Å². The van der Waals surface area contributed by atoms with Crippen molar-refractivity contribution in [3.05, 3.63) is 59.1 Å². The Morgan fingerprint density at radius 2 is 1.85 bits per heavy atom. The Bertz CT molecular complexity index is 850. The van der Waals surface area contributed by atoms with Gasteiger partial charge in [0.05, 0.1) is 4.90 Å². The van der Waals surface area contributed by atoms with E-state index in [4.69, 9.17) is 16.3 Å². The van der Waals surface area contributed by atoms with Gasteiger partial charge < -0.3 is 4.74 Å². The lowest BCUT2D eigenvalue weighted by Gasteiger charge is -2.36. The number of ether oxygens (including phenoxy) is 1. The van der Waals surface area contributed by atoms with Crippen molar-refractivity contribution < 1.29 is 13.2 Å². The Morgan fingerprint density at radius 1 is 1.15 bits per heavy atom. The number of nitrogens with one attached hydrogen (secondary N) is 1. The van der Waals surface area contributed by atoms with E-state index in [1.54, 1.807) is 30.8 Å². The monoisotopic (exact) mass is 411 g/mol. The lowest BCUT2D eigenvalue weighted by Crippen LogP contribution is -2.44. The third-order valence-corrected chi connectivity index (χ3v) is 7.78. The van der Waals surface area contributed by atoms with E-state index in [1.807, 2.05) is 18.2 Å². The molecule has 1 heterocycles. The molecule has 0 spiro atoms. The van der Waals surface area contributed by atoms with E-state index < -0.39 is 10.0 Å². The number of aryl methyl sites for hydroxylation is 1. The van der Waals surface area contributed by atoms with Crippen molar-refractivity contribution in [2.45, 2.75) is 34.3 Å². The molecule has 1 fully saturated rings. The molecule has 1 aliphatic rings. The van der Waals surface area contributed by atoms with Gasteiger partial charge in [0.1, 0.15) is 0 Å². The summed E-state index contributed by atoms with van der Waals surface area (Å²) in [5.41, 5.74) is 0.679. The van der Waals surface area contributed by atoms with Crippen molar-refractivity contribution in [3.63, 3.8) is 0 Å². The number of sulfonamides is 1. The maximum absolute atomic E-state index is 12.8. The van der Waals surface area contributed by atoms with Crippen molar-refractivity contribution in [3.8, 4) is 0 Å². The Hall–Kier alpha value is -1.05.